The summed E-state index contributed by atoms with van der Waals surface area (Å²) in [5.41, 5.74) is 1.16. The first-order valence-corrected chi connectivity index (χ1v) is 6.70. The molecule has 0 aliphatic carbocycles. The molecule has 3 aromatic rings. The van der Waals surface area contributed by atoms with Gasteiger partial charge >= 0.3 is 0 Å². The van der Waals surface area contributed by atoms with Crippen LogP contribution in [0.2, 0.25) is 0 Å². The van der Waals surface area contributed by atoms with Gasteiger partial charge in [-0.1, -0.05) is 0 Å². The van der Waals surface area contributed by atoms with Gasteiger partial charge in [0.1, 0.15) is 0 Å². The lowest BCUT2D eigenvalue weighted by atomic mass is 9.98. The van der Waals surface area contributed by atoms with Crippen molar-refractivity contribution < 1.29 is 8.78 Å². The first kappa shape index (κ1) is 13.2. The normalized spacial score (nSPS) is 11.4. The van der Waals surface area contributed by atoms with E-state index in [1.54, 1.807) is 42.6 Å². The number of rotatable bonds is 2. The number of fused-ring (bicyclic) bond motifs is 1. The highest BCUT2D eigenvalue weighted by Crippen LogP contribution is 2.36. The van der Waals surface area contributed by atoms with Crippen LogP contribution in [-0.4, -0.2) is 14.8 Å². The maximum atomic E-state index is 13.3. The molecule has 6 heteroatoms. The molecule has 20 heavy (non-hydrogen) atoms. The molecule has 0 saturated carbocycles. The van der Waals surface area contributed by atoms with Crippen molar-refractivity contribution in [2.75, 3.05) is 0 Å². The molecule has 0 bridgehead atoms. The Morgan fingerprint density at radius 2 is 2.00 bits per heavy atom. The van der Waals surface area contributed by atoms with Gasteiger partial charge in [0.25, 0.3) is 6.43 Å². The summed E-state index contributed by atoms with van der Waals surface area (Å²) >= 11 is 3.34. The molecule has 2 heterocycles. The van der Waals surface area contributed by atoms with Crippen molar-refractivity contribution in [1.82, 2.24) is 14.8 Å². The highest BCUT2D eigenvalue weighted by atomic mass is 79.9. The Labute approximate surface area is 122 Å². The number of aryl methyl sites for hydroxylation is 1. The number of hydrogen-bond acceptors (Lipinski definition) is 2. The summed E-state index contributed by atoms with van der Waals surface area (Å²) in [7, 11) is 1.75. The Morgan fingerprint density at radius 3 is 2.65 bits per heavy atom. The van der Waals surface area contributed by atoms with Crippen molar-refractivity contribution in [3.8, 4) is 11.1 Å². The van der Waals surface area contributed by atoms with Crippen molar-refractivity contribution in [3.63, 3.8) is 0 Å². The molecule has 2 aromatic heterocycles. The second kappa shape index (κ2) is 4.94. The summed E-state index contributed by atoms with van der Waals surface area (Å²) in [5.74, 6) is 0. The summed E-state index contributed by atoms with van der Waals surface area (Å²) in [6.45, 7) is 0. The molecule has 102 valence electrons. The van der Waals surface area contributed by atoms with Gasteiger partial charge in [-0.15, -0.1) is 0 Å². The minimum absolute atomic E-state index is 0.00241. The van der Waals surface area contributed by atoms with Gasteiger partial charge in [-0.3, -0.25) is 9.67 Å². The van der Waals surface area contributed by atoms with Crippen LogP contribution >= 0.6 is 15.9 Å². The van der Waals surface area contributed by atoms with E-state index in [-0.39, 0.29) is 5.56 Å². The first-order valence-electron chi connectivity index (χ1n) is 5.90. The lowest BCUT2D eigenvalue weighted by molar-refractivity contribution is 0.152. The predicted octanol–water partition coefficient (Wildman–Crippen LogP) is 4.34. The highest BCUT2D eigenvalue weighted by Gasteiger charge is 2.17. The largest absolute Gasteiger partial charge is 0.275 e. The van der Waals surface area contributed by atoms with Crippen molar-refractivity contribution in [2.24, 2.45) is 7.05 Å². The molecule has 0 spiro atoms. The van der Waals surface area contributed by atoms with Crippen LogP contribution in [0.3, 0.4) is 0 Å². The van der Waals surface area contributed by atoms with E-state index in [9.17, 15) is 8.78 Å². The van der Waals surface area contributed by atoms with Crippen molar-refractivity contribution in [2.45, 2.75) is 6.43 Å². The lowest BCUT2D eigenvalue weighted by Gasteiger charge is -2.10. The predicted molar refractivity (Wildman–Crippen MR) is 76.6 cm³/mol. The van der Waals surface area contributed by atoms with Gasteiger partial charge in [-0.05, 0) is 39.0 Å². The number of halogens is 3. The second-order valence-corrected chi connectivity index (χ2v) is 5.34. The zero-order chi connectivity index (χ0) is 14.3. The second-order valence-electron chi connectivity index (χ2n) is 4.49. The molecule has 0 unspecified atom stereocenters. The third kappa shape index (κ3) is 2.20. The fourth-order valence-corrected chi connectivity index (χ4v) is 2.65. The van der Waals surface area contributed by atoms with Gasteiger partial charge in [0.15, 0.2) is 0 Å². The van der Waals surface area contributed by atoms with Crippen molar-refractivity contribution >= 4 is 26.7 Å². The summed E-state index contributed by atoms with van der Waals surface area (Å²) in [6, 6.07) is 3.24. The highest BCUT2D eigenvalue weighted by molar-refractivity contribution is 9.10. The van der Waals surface area contributed by atoms with Crippen LogP contribution in [0, 0.1) is 0 Å². The number of nitrogens with zero attached hydrogens (tertiary/aromatic N) is 3. The third-order valence-electron chi connectivity index (χ3n) is 3.13. The fraction of sp³-hybridized carbons (Fsp3) is 0.143. The maximum Gasteiger partial charge on any atom is 0.264 e. The van der Waals surface area contributed by atoms with E-state index >= 15 is 0 Å². The van der Waals surface area contributed by atoms with E-state index < -0.39 is 6.43 Å². The summed E-state index contributed by atoms with van der Waals surface area (Å²) in [5, 5.41) is 5.57. The molecule has 0 radical (unpaired) electrons. The van der Waals surface area contributed by atoms with Crippen LogP contribution in [0.4, 0.5) is 8.78 Å². The molecule has 1 aromatic carbocycles. The van der Waals surface area contributed by atoms with Gasteiger partial charge in [0, 0.05) is 46.6 Å². The quantitative estimate of drug-likeness (QED) is 0.696. The van der Waals surface area contributed by atoms with E-state index in [0.29, 0.717) is 15.6 Å². The number of pyridine rings is 1. The fourth-order valence-electron chi connectivity index (χ4n) is 2.19. The molecule has 3 rings (SSSR count). The molecule has 0 amide bonds. The molecular weight excluding hydrogens is 328 g/mol. The minimum Gasteiger partial charge on any atom is -0.275 e. The molecule has 0 saturated heterocycles. The maximum absolute atomic E-state index is 13.3. The number of aromatic nitrogens is 3. The van der Waals surface area contributed by atoms with E-state index in [0.717, 1.165) is 10.8 Å². The van der Waals surface area contributed by atoms with Crippen molar-refractivity contribution in [3.05, 3.63) is 47.0 Å². The number of alkyl halides is 2. The standard InChI is InChI=1S/C14H10BrF2N3/c1-20-7-9(5-19-20)10-2-8-4-18-6-13(15)11(8)3-12(10)14(16)17/h2-7,14H,1H3. The molecule has 0 aliphatic heterocycles. The average molecular weight is 338 g/mol. The molecule has 0 atom stereocenters. The van der Waals surface area contributed by atoms with Crippen LogP contribution in [0.15, 0.2) is 41.4 Å². The Kier molecular flexibility index (Phi) is 3.25. The van der Waals surface area contributed by atoms with Crippen LogP contribution in [0.1, 0.15) is 12.0 Å². The molecular formula is C14H10BrF2N3. The third-order valence-corrected chi connectivity index (χ3v) is 3.76. The van der Waals surface area contributed by atoms with Crippen LogP contribution < -0.4 is 0 Å². The minimum atomic E-state index is -2.55. The number of benzene rings is 1. The number of hydrogen-bond donors (Lipinski definition) is 0. The first-order chi connectivity index (χ1) is 9.56. The van der Waals surface area contributed by atoms with Gasteiger partial charge in [-0.25, -0.2) is 8.78 Å². The summed E-state index contributed by atoms with van der Waals surface area (Å²) in [4.78, 5) is 4.07. The molecule has 0 N–H and O–H groups in total. The summed E-state index contributed by atoms with van der Waals surface area (Å²) in [6.07, 6.45) is 4.02. The molecule has 0 fully saturated rings. The van der Waals surface area contributed by atoms with Gasteiger partial charge in [-0.2, -0.15) is 5.10 Å². The monoisotopic (exact) mass is 337 g/mol. The zero-order valence-electron chi connectivity index (χ0n) is 10.5. The topological polar surface area (TPSA) is 30.7 Å². The SMILES string of the molecule is Cn1cc(-c2cc3cncc(Br)c3cc2C(F)F)cn1. The lowest BCUT2D eigenvalue weighted by Crippen LogP contribution is -1.92. The Balaban J connectivity index is 2.32. The molecule has 3 nitrogen and oxygen atoms in total. The Bertz CT molecular complexity index is 783. The zero-order valence-corrected chi connectivity index (χ0v) is 12.1. The van der Waals surface area contributed by atoms with Gasteiger partial charge < -0.3 is 0 Å². The van der Waals surface area contributed by atoms with E-state index in [1.165, 1.54) is 6.07 Å². The van der Waals surface area contributed by atoms with E-state index in [4.69, 9.17) is 0 Å². The average Bonchev–Trinajstić information content (AvgIpc) is 2.84. The van der Waals surface area contributed by atoms with Crippen LogP contribution in [0.5, 0.6) is 0 Å². The summed E-state index contributed by atoms with van der Waals surface area (Å²) < 4.78 is 28.9. The Hall–Kier alpha value is -1.82. The van der Waals surface area contributed by atoms with Gasteiger partial charge in [0.2, 0.25) is 0 Å². The molecule has 0 aliphatic rings. The Morgan fingerprint density at radius 1 is 1.20 bits per heavy atom. The van der Waals surface area contributed by atoms with Crippen molar-refractivity contribution in [1.29, 1.82) is 0 Å². The van der Waals surface area contributed by atoms with Crippen LogP contribution in [0.25, 0.3) is 21.9 Å². The van der Waals surface area contributed by atoms with Gasteiger partial charge in [0.05, 0.1) is 6.20 Å². The van der Waals surface area contributed by atoms with E-state index in [1.807, 2.05) is 0 Å². The van der Waals surface area contributed by atoms with Crippen LogP contribution in [-0.2, 0) is 7.05 Å². The smallest absolute Gasteiger partial charge is 0.264 e. The van der Waals surface area contributed by atoms with E-state index in [2.05, 4.69) is 26.0 Å².